The van der Waals surface area contributed by atoms with Gasteiger partial charge in [0, 0.05) is 5.56 Å². The van der Waals surface area contributed by atoms with Crippen molar-refractivity contribution in [3.63, 3.8) is 0 Å². The van der Waals surface area contributed by atoms with Crippen molar-refractivity contribution in [2.75, 3.05) is 24.4 Å². The summed E-state index contributed by atoms with van der Waals surface area (Å²) in [4.78, 5) is 28.4. The maximum absolute atomic E-state index is 13.6. The summed E-state index contributed by atoms with van der Waals surface area (Å²) in [6, 6.07) is 21.7. The number of anilines is 2. The smallest absolute Gasteiger partial charge is 0.282 e. The van der Waals surface area contributed by atoms with Crippen LogP contribution >= 0.6 is 0 Å². The van der Waals surface area contributed by atoms with Crippen LogP contribution in [-0.4, -0.2) is 26.0 Å². The van der Waals surface area contributed by atoms with E-state index in [2.05, 4.69) is 5.32 Å². The van der Waals surface area contributed by atoms with Gasteiger partial charge >= 0.3 is 0 Å². The Morgan fingerprint density at radius 1 is 0.742 bits per heavy atom. The summed E-state index contributed by atoms with van der Waals surface area (Å²) >= 11 is 0. The monoisotopic (exact) mass is 414 g/mol. The summed E-state index contributed by atoms with van der Waals surface area (Å²) in [5.41, 5.74) is 2.90. The number of aryl methyl sites for hydroxylation is 1. The largest absolute Gasteiger partial charge is 0.496 e. The standard InChI is InChI=1S/C25H22N2O4/c1-16-10-4-7-13-19(16)27-24(28)22(17-11-5-8-14-20(17)30-2)23(25(27)29)26-18-12-6-9-15-21(18)31-3/h4-15,26H,1-3H3. The van der Waals surface area contributed by atoms with Crippen LogP contribution in [0.3, 0.4) is 0 Å². The lowest BCUT2D eigenvalue weighted by atomic mass is 10.0. The Bertz CT molecular complexity index is 1200. The van der Waals surface area contributed by atoms with Gasteiger partial charge in [-0.15, -0.1) is 0 Å². The van der Waals surface area contributed by atoms with E-state index in [-0.39, 0.29) is 11.3 Å². The third-order valence-electron chi connectivity index (χ3n) is 5.18. The molecule has 0 fully saturated rings. The lowest BCUT2D eigenvalue weighted by molar-refractivity contribution is -0.120. The Hall–Kier alpha value is -4.06. The van der Waals surface area contributed by atoms with Gasteiger partial charge in [0.05, 0.1) is 31.2 Å². The lowest BCUT2D eigenvalue weighted by Gasteiger charge is -2.18. The highest BCUT2D eigenvalue weighted by Gasteiger charge is 2.41. The van der Waals surface area contributed by atoms with E-state index in [4.69, 9.17) is 9.47 Å². The number of hydrogen-bond acceptors (Lipinski definition) is 5. The number of benzene rings is 3. The van der Waals surface area contributed by atoms with Crippen LogP contribution in [0.2, 0.25) is 0 Å². The molecule has 0 aliphatic carbocycles. The molecule has 31 heavy (non-hydrogen) atoms. The predicted molar refractivity (Wildman–Crippen MR) is 120 cm³/mol. The number of imide groups is 1. The second-order valence-corrected chi connectivity index (χ2v) is 7.01. The molecule has 1 aliphatic heterocycles. The number of hydrogen-bond donors (Lipinski definition) is 1. The Morgan fingerprint density at radius 3 is 2.06 bits per heavy atom. The summed E-state index contributed by atoms with van der Waals surface area (Å²) in [6.07, 6.45) is 0. The number of ether oxygens (including phenoxy) is 2. The van der Waals surface area contributed by atoms with Crippen LogP contribution in [0.4, 0.5) is 11.4 Å². The van der Waals surface area contributed by atoms with Gasteiger partial charge in [-0.05, 0) is 36.8 Å². The second kappa shape index (κ2) is 8.36. The van der Waals surface area contributed by atoms with E-state index in [1.54, 1.807) is 49.6 Å². The zero-order valence-electron chi connectivity index (χ0n) is 17.5. The number of nitrogens with zero attached hydrogens (tertiary/aromatic N) is 1. The fourth-order valence-corrected chi connectivity index (χ4v) is 3.66. The minimum atomic E-state index is -0.439. The van der Waals surface area contributed by atoms with Gasteiger partial charge in [-0.1, -0.05) is 48.5 Å². The molecule has 0 unspecified atom stereocenters. The summed E-state index contributed by atoms with van der Waals surface area (Å²) in [5.74, 6) is 0.209. The number of carbonyl (C=O) groups is 2. The van der Waals surface area contributed by atoms with Gasteiger partial charge in [0.25, 0.3) is 11.8 Å². The normalized spacial score (nSPS) is 13.6. The minimum absolute atomic E-state index is 0.169. The SMILES string of the molecule is COc1ccccc1NC1=C(c2ccccc2OC)C(=O)N(c2ccccc2C)C1=O. The van der Waals surface area contributed by atoms with Crippen molar-refractivity contribution < 1.29 is 19.1 Å². The van der Waals surface area contributed by atoms with Gasteiger partial charge in [0.2, 0.25) is 0 Å². The van der Waals surface area contributed by atoms with Gasteiger partial charge in [-0.25, -0.2) is 4.90 Å². The summed E-state index contributed by atoms with van der Waals surface area (Å²) in [5, 5.41) is 3.15. The van der Waals surface area contributed by atoms with Gasteiger partial charge < -0.3 is 14.8 Å². The van der Waals surface area contributed by atoms with E-state index in [0.29, 0.717) is 28.4 Å². The first-order valence-electron chi connectivity index (χ1n) is 9.79. The van der Waals surface area contributed by atoms with Crippen LogP contribution < -0.4 is 19.7 Å². The van der Waals surface area contributed by atoms with Crippen molar-refractivity contribution in [1.82, 2.24) is 0 Å². The van der Waals surface area contributed by atoms with E-state index in [0.717, 1.165) is 5.56 Å². The van der Waals surface area contributed by atoms with Crippen LogP contribution in [0.1, 0.15) is 11.1 Å². The van der Waals surface area contributed by atoms with Crippen molar-refractivity contribution in [1.29, 1.82) is 0 Å². The molecule has 156 valence electrons. The van der Waals surface area contributed by atoms with Crippen LogP contribution in [-0.2, 0) is 9.59 Å². The summed E-state index contributed by atoms with van der Waals surface area (Å²) < 4.78 is 10.9. The predicted octanol–water partition coefficient (Wildman–Crippen LogP) is 4.41. The molecule has 6 heteroatoms. The van der Waals surface area contributed by atoms with E-state index < -0.39 is 11.8 Å². The Morgan fingerprint density at radius 2 is 1.35 bits per heavy atom. The molecule has 1 aliphatic rings. The van der Waals surface area contributed by atoms with E-state index in [1.165, 1.54) is 12.0 Å². The molecule has 0 spiro atoms. The number of rotatable bonds is 6. The highest BCUT2D eigenvalue weighted by molar-refractivity contribution is 6.46. The van der Waals surface area contributed by atoms with Crippen molar-refractivity contribution in [2.45, 2.75) is 6.92 Å². The molecule has 1 heterocycles. The van der Waals surface area contributed by atoms with Crippen LogP contribution in [0, 0.1) is 6.92 Å². The fraction of sp³-hybridized carbons (Fsp3) is 0.120. The highest BCUT2D eigenvalue weighted by atomic mass is 16.5. The van der Waals surface area contributed by atoms with Crippen LogP contribution in [0.5, 0.6) is 11.5 Å². The first-order valence-corrected chi connectivity index (χ1v) is 9.79. The molecule has 0 atom stereocenters. The third kappa shape index (κ3) is 3.53. The molecule has 3 aromatic carbocycles. The minimum Gasteiger partial charge on any atom is -0.496 e. The van der Waals surface area contributed by atoms with Gasteiger partial charge in [0.1, 0.15) is 17.2 Å². The molecule has 0 bridgehead atoms. The van der Waals surface area contributed by atoms with Gasteiger partial charge in [-0.3, -0.25) is 9.59 Å². The zero-order valence-corrected chi connectivity index (χ0v) is 17.5. The van der Waals surface area contributed by atoms with Crippen LogP contribution in [0.25, 0.3) is 5.57 Å². The Kier molecular flexibility index (Phi) is 5.45. The first-order chi connectivity index (χ1) is 15.1. The number of para-hydroxylation sites is 4. The van der Waals surface area contributed by atoms with Gasteiger partial charge in [-0.2, -0.15) is 0 Å². The van der Waals surface area contributed by atoms with E-state index in [1.807, 2.05) is 37.3 Å². The molecule has 0 saturated heterocycles. The molecule has 1 N–H and O–H groups in total. The topological polar surface area (TPSA) is 67.9 Å². The molecule has 2 amide bonds. The molecule has 0 radical (unpaired) electrons. The maximum Gasteiger partial charge on any atom is 0.282 e. The maximum atomic E-state index is 13.6. The van der Waals surface area contributed by atoms with E-state index >= 15 is 0 Å². The molecule has 0 saturated carbocycles. The van der Waals surface area contributed by atoms with Crippen molar-refractivity contribution in [3.05, 3.63) is 89.6 Å². The Labute approximate surface area is 180 Å². The molecule has 4 rings (SSSR count). The third-order valence-corrected chi connectivity index (χ3v) is 5.18. The zero-order chi connectivity index (χ0) is 22.0. The first kappa shape index (κ1) is 20.2. The molecule has 0 aromatic heterocycles. The van der Waals surface area contributed by atoms with Gasteiger partial charge in [0.15, 0.2) is 0 Å². The number of nitrogens with one attached hydrogen (secondary N) is 1. The number of methoxy groups -OCH3 is 2. The highest BCUT2D eigenvalue weighted by Crippen LogP contribution is 2.39. The molecule has 6 nitrogen and oxygen atoms in total. The molecular formula is C25H22N2O4. The lowest BCUT2D eigenvalue weighted by Crippen LogP contribution is -2.33. The summed E-state index contributed by atoms with van der Waals surface area (Å²) in [6.45, 7) is 1.87. The van der Waals surface area contributed by atoms with Crippen LogP contribution in [0.15, 0.2) is 78.5 Å². The summed E-state index contributed by atoms with van der Waals surface area (Å²) in [7, 11) is 3.09. The van der Waals surface area contributed by atoms with Crippen molar-refractivity contribution in [3.8, 4) is 11.5 Å². The van der Waals surface area contributed by atoms with E-state index in [9.17, 15) is 9.59 Å². The Balaban J connectivity index is 1.90. The second-order valence-electron chi connectivity index (χ2n) is 7.01. The number of amides is 2. The molecular weight excluding hydrogens is 392 g/mol. The fourth-order valence-electron chi connectivity index (χ4n) is 3.66. The quantitative estimate of drug-likeness (QED) is 0.605. The van der Waals surface area contributed by atoms with Crippen molar-refractivity contribution in [2.24, 2.45) is 0 Å². The van der Waals surface area contributed by atoms with Crippen molar-refractivity contribution >= 4 is 28.8 Å². The molecule has 3 aromatic rings. The average Bonchev–Trinajstić information content (AvgIpc) is 3.03. The average molecular weight is 414 g/mol. The number of carbonyl (C=O) groups excluding carboxylic acids is 2.